The zero-order valence-electron chi connectivity index (χ0n) is 14.7. The molecule has 2 heterocycles. The van der Waals surface area contributed by atoms with E-state index in [0.29, 0.717) is 37.3 Å². The molecule has 0 atom stereocenters. The molecule has 1 aliphatic rings. The minimum absolute atomic E-state index is 0.0518. The molecular weight excluding hydrogens is 378 g/mol. The van der Waals surface area contributed by atoms with Crippen LogP contribution >= 0.6 is 11.3 Å². The molecule has 9 heteroatoms. The molecule has 0 unspecified atom stereocenters. The molecule has 4 rings (SSSR count). The molecule has 1 fully saturated rings. The Balaban J connectivity index is 1.44. The van der Waals surface area contributed by atoms with Crippen molar-refractivity contribution in [2.45, 2.75) is 0 Å². The number of thiazole rings is 1. The average Bonchev–Trinajstić information content (AvgIpc) is 3.17. The van der Waals surface area contributed by atoms with Gasteiger partial charge in [0.25, 0.3) is 11.6 Å². The third-order valence-corrected chi connectivity index (χ3v) is 5.75. The summed E-state index contributed by atoms with van der Waals surface area (Å²) in [6.45, 7) is 2.41. The number of fused-ring (bicyclic) bond motifs is 1. The molecule has 0 bridgehead atoms. The first kappa shape index (κ1) is 17.9. The van der Waals surface area contributed by atoms with Gasteiger partial charge in [0.1, 0.15) is 0 Å². The number of hydrogen-bond donors (Lipinski definition) is 0. The number of nitro benzene ring substituents is 1. The number of benzene rings is 2. The minimum Gasteiger partial charge on any atom is -0.345 e. The topological polar surface area (TPSA) is 103 Å². The van der Waals surface area contributed by atoms with E-state index < -0.39 is 4.92 Å². The van der Waals surface area contributed by atoms with Crippen molar-refractivity contribution in [3.05, 3.63) is 63.7 Å². The van der Waals surface area contributed by atoms with Crippen LogP contribution in [0.4, 0.5) is 10.8 Å². The molecule has 0 aliphatic carbocycles. The fourth-order valence-corrected chi connectivity index (χ4v) is 4.17. The number of amides is 1. The zero-order chi connectivity index (χ0) is 19.7. The van der Waals surface area contributed by atoms with E-state index in [2.05, 4.69) is 9.88 Å². The first-order chi connectivity index (χ1) is 13.5. The SMILES string of the molecule is N#Cc1ccc(C(=O)N2CCN(c3nc4ccc([N+](=O)[O-])cc4s3)CC2)cc1. The fraction of sp³-hybridized carbons (Fsp3) is 0.211. The highest BCUT2D eigenvalue weighted by atomic mass is 32.1. The van der Waals surface area contributed by atoms with Crippen molar-refractivity contribution in [1.82, 2.24) is 9.88 Å². The smallest absolute Gasteiger partial charge is 0.270 e. The maximum absolute atomic E-state index is 12.6. The van der Waals surface area contributed by atoms with E-state index in [1.54, 1.807) is 41.3 Å². The van der Waals surface area contributed by atoms with Crippen LogP contribution in [0.2, 0.25) is 0 Å². The summed E-state index contributed by atoms with van der Waals surface area (Å²) in [5.41, 5.74) is 1.89. The molecule has 1 saturated heterocycles. The number of nitrogens with zero attached hydrogens (tertiary/aromatic N) is 5. The van der Waals surface area contributed by atoms with E-state index in [9.17, 15) is 14.9 Å². The van der Waals surface area contributed by atoms with Crippen molar-refractivity contribution in [3.63, 3.8) is 0 Å². The van der Waals surface area contributed by atoms with Gasteiger partial charge in [0.2, 0.25) is 0 Å². The molecule has 0 N–H and O–H groups in total. The number of carbonyl (C=O) groups excluding carboxylic acids is 1. The van der Waals surface area contributed by atoms with E-state index in [1.165, 1.54) is 17.4 Å². The maximum Gasteiger partial charge on any atom is 0.270 e. The lowest BCUT2D eigenvalue weighted by Gasteiger charge is -2.34. The van der Waals surface area contributed by atoms with Gasteiger partial charge >= 0.3 is 0 Å². The van der Waals surface area contributed by atoms with E-state index >= 15 is 0 Å². The van der Waals surface area contributed by atoms with Gasteiger partial charge in [-0.15, -0.1) is 0 Å². The van der Waals surface area contributed by atoms with Gasteiger partial charge in [-0.3, -0.25) is 14.9 Å². The quantitative estimate of drug-likeness (QED) is 0.500. The van der Waals surface area contributed by atoms with Crippen molar-refractivity contribution in [2.75, 3.05) is 31.1 Å². The summed E-state index contributed by atoms with van der Waals surface area (Å²) in [5, 5.41) is 20.6. The predicted octanol–water partition coefficient (Wildman–Crippen LogP) is 3.04. The zero-order valence-corrected chi connectivity index (χ0v) is 15.6. The second-order valence-electron chi connectivity index (χ2n) is 6.37. The molecule has 1 aromatic heterocycles. The molecule has 0 radical (unpaired) electrons. The highest BCUT2D eigenvalue weighted by Crippen LogP contribution is 2.31. The highest BCUT2D eigenvalue weighted by Gasteiger charge is 2.24. The minimum atomic E-state index is -0.410. The van der Waals surface area contributed by atoms with E-state index in [1.807, 2.05) is 6.07 Å². The Morgan fingerprint density at radius 2 is 1.86 bits per heavy atom. The van der Waals surface area contributed by atoms with Crippen molar-refractivity contribution in [2.24, 2.45) is 0 Å². The number of anilines is 1. The number of non-ortho nitro benzene ring substituents is 1. The van der Waals surface area contributed by atoms with E-state index in [-0.39, 0.29) is 11.6 Å². The molecule has 1 aliphatic heterocycles. The van der Waals surface area contributed by atoms with Gasteiger partial charge in [-0.1, -0.05) is 11.3 Å². The summed E-state index contributed by atoms with van der Waals surface area (Å²) in [4.78, 5) is 31.6. The maximum atomic E-state index is 12.6. The largest absolute Gasteiger partial charge is 0.345 e. The van der Waals surface area contributed by atoms with Gasteiger partial charge in [-0.25, -0.2) is 4.98 Å². The van der Waals surface area contributed by atoms with Gasteiger partial charge in [0.05, 0.1) is 26.8 Å². The summed E-state index contributed by atoms with van der Waals surface area (Å²) in [6.07, 6.45) is 0. The molecule has 0 saturated carbocycles. The van der Waals surface area contributed by atoms with Crippen LogP contribution in [0.5, 0.6) is 0 Å². The van der Waals surface area contributed by atoms with E-state index in [0.717, 1.165) is 15.3 Å². The van der Waals surface area contributed by atoms with Crippen molar-refractivity contribution >= 4 is 38.3 Å². The standard InChI is InChI=1S/C19H15N5O3S/c20-12-13-1-3-14(4-2-13)18(25)22-7-9-23(10-8-22)19-21-16-6-5-15(24(26)27)11-17(16)28-19/h1-6,11H,7-10H2. The fourth-order valence-electron chi connectivity index (χ4n) is 3.12. The number of carbonyl (C=O) groups is 1. The van der Waals surface area contributed by atoms with Crippen LogP contribution in [0.25, 0.3) is 10.2 Å². The molecule has 140 valence electrons. The van der Waals surface area contributed by atoms with Crippen LogP contribution in [-0.4, -0.2) is 46.9 Å². The number of nitro groups is 1. The molecule has 2 aromatic carbocycles. The Hall–Kier alpha value is -3.51. The lowest BCUT2D eigenvalue weighted by atomic mass is 10.1. The Morgan fingerprint density at radius 1 is 1.14 bits per heavy atom. The lowest BCUT2D eigenvalue weighted by molar-refractivity contribution is -0.384. The Labute approximate surface area is 164 Å². The van der Waals surface area contributed by atoms with Gasteiger partial charge in [0.15, 0.2) is 5.13 Å². The third-order valence-electron chi connectivity index (χ3n) is 4.67. The molecular formula is C19H15N5O3S. The Kier molecular flexibility index (Phi) is 4.63. The molecule has 0 spiro atoms. The Morgan fingerprint density at radius 3 is 2.50 bits per heavy atom. The second-order valence-corrected chi connectivity index (χ2v) is 7.38. The molecule has 3 aromatic rings. The van der Waals surface area contributed by atoms with Crippen LogP contribution in [-0.2, 0) is 0 Å². The summed E-state index contributed by atoms with van der Waals surface area (Å²) < 4.78 is 0.778. The van der Waals surface area contributed by atoms with Crippen molar-refractivity contribution in [3.8, 4) is 6.07 Å². The second kappa shape index (κ2) is 7.25. The molecule has 8 nitrogen and oxygen atoms in total. The summed E-state index contributed by atoms with van der Waals surface area (Å²) in [5.74, 6) is -0.0518. The summed E-state index contributed by atoms with van der Waals surface area (Å²) in [6, 6.07) is 13.3. The number of rotatable bonds is 3. The van der Waals surface area contributed by atoms with Crippen LogP contribution in [0, 0.1) is 21.4 Å². The van der Waals surface area contributed by atoms with Gasteiger partial charge in [0, 0.05) is 43.9 Å². The predicted molar refractivity (Wildman–Crippen MR) is 106 cm³/mol. The van der Waals surface area contributed by atoms with Gasteiger partial charge in [-0.05, 0) is 30.3 Å². The normalized spacial score (nSPS) is 14.1. The molecule has 1 amide bonds. The monoisotopic (exact) mass is 393 g/mol. The first-order valence-electron chi connectivity index (χ1n) is 8.64. The summed E-state index contributed by atoms with van der Waals surface area (Å²) >= 11 is 1.42. The molecule has 28 heavy (non-hydrogen) atoms. The van der Waals surface area contributed by atoms with Crippen molar-refractivity contribution < 1.29 is 9.72 Å². The lowest BCUT2D eigenvalue weighted by Crippen LogP contribution is -2.48. The third kappa shape index (κ3) is 3.37. The Bertz CT molecular complexity index is 1090. The first-order valence-corrected chi connectivity index (χ1v) is 9.46. The van der Waals surface area contributed by atoms with Crippen LogP contribution < -0.4 is 4.90 Å². The van der Waals surface area contributed by atoms with Crippen LogP contribution in [0.3, 0.4) is 0 Å². The van der Waals surface area contributed by atoms with Crippen LogP contribution in [0.1, 0.15) is 15.9 Å². The number of hydrogen-bond acceptors (Lipinski definition) is 7. The highest BCUT2D eigenvalue weighted by molar-refractivity contribution is 7.22. The van der Waals surface area contributed by atoms with E-state index in [4.69, 9.17) is 5.26 Å². The van der Waals surface area contributed by atoms with Gasteiger partial charge in [-0.2, -0.15) is 5.26 Å². The number of piperazine rings is 1. The van der Waals surface area contributed by atoms with Crippen molar-refractivity contribution in [1.29, 1.82) is 5.26 Å². The van der Waals surface area contributed by atoms with Crippen LogP contribution in [0.15, 0.2) is 42.5 Å². The number of aromatic nitrogens is 1. The number of nitriles is 1. The average molecular weight is 393 g/mol. The van der Waals surface area contributed by atoms with Gasteiger partial charge < -0.3 is 9.80 Å². The summed E-state index contributed by atoms with van der Waals surface area (Å²) in [7, 11) is 0.